The number of carbonyl (C=O) groups excluding carboxylic acids is 1. The number of H-pyrrole nitrogens is 1. The zero-order chi connectivity index (χ0) is 18.2. The van der Waals surface area contributed by atoms with E-state index in [1.807, 2.05) is 19.1 Å². The first-order valence-corrected chi connectivity index (χ1v) is 8.37. The lowest BCUT2D eigenvalue weighted by Gasteiger charge is -2.07. The van der Waals surface area contributed by atoms with Gasteiger partial charge >= 0.3 is 0 Å². The predicted octanol–water partition coefficient (Wildman–Crippen LogP) is 1.96. The van der Waals surface area contributed by atoms with Gasteiger partial charge < -0.3 is 10.1 Å². The van der Waals surface area contributed by atoms with Crippen molar-refractivity contribution in [2.45, 2.75) is 11.9 Å². The van der Waals surface area contributed by atoms with Crippen molar-refractivity contribution in [3.05, 3.63) is 41.5 Å². The first-order chi connectivity index (χ1) is 12.1. The van der Waals surface area contributed by atoms with Gasteiger partial charge in [0, 0.05) is 5.69 Å². The monoisotopic (exact) mass is 354 g/mol. The number of nitriles is 2. The number of aromatic amines is 1. The number of hydrogen-bond donors (Lipinski definition) is 2. The van der Waals surface area contributed by atoms with Crippen molar-refractivity contribution in [3.63, 3.8) is 0 Å². The summed E-state index contributed by atoms with van der Waals surface area (Å²) in [5, 5.41) is 21.3. The van der Waals surface area contributed by atoms with Crippen LogP contribution in [-0.4, -0.2) is 18.3 Å². The van der Waals surface area contributed by atoms with Crippen molar-refractivity contribution in [2.24, 2.45) is 0 Å². The molecule has 1 aromatic carbocycles. The number of ether oxygens (including phenoxy) is 1. The summed E-state index contributed by atoms with van der Waals surface area (Å²) in [6, 6.07) is 12.3. The summed E-state index contributed by atoms with van der Waals surface area (Å²) in [5.41, 5.74) is 6.82. The molecule has 0 atom stereocenters. The number of carbonyl (C=O) groups is 1. The average Bonchev–Trinajstić information content (AvgIpc) is 2.62. The number of aromatic nitrogens is 1. The minimum absolute atomic E-state index is 0.0870. The molecule has 0 aliphatic heterocycles. The topological polar surface area (TPSA) is 126 Å². The predicted molar refractivity (Wildman–Crippen MR) is 93.8 cm³/mol. The van der Waals surface area contributed by atoms with Crippen molar-refractivity contribution in [1.29, 1.82) is 10.5 Å². The Kier molecular flexibility index (Phi) is 6.21. The third-order valence-corrected chi connectivity index (χ3v) is 4.13. The van der Waals surface area contributed by atoms with Crippen LogP contribution in [0, 0.1) is 22.7 Å². The van der Waals surface area contributed by atoms with Gasteiger partial charge in [0.25, 0.3) is 5.82 Å². The van der Waals surface area contributed by atoms with Crippen LogP contribution in [0.3, 0.4) is 0 Å². The Labute approximate surface area is 149 Å². The van der Waals surface area contributed by atoms with Crippen molar-refractivity contribution >= 4 is 29.2 Å². The normalized spacial score (nSPS) is 9.72. The van der Waals surface area contributed by atoms with Crippen LogP contribution >= 0.6 is 11.8 Å². The van der Waals surface area contributed by atoms with Gasteiger partial charge in [0.2, 0.25) is 5.91 Å². The van der Waals surface area contributed by atoms with E-state index >= 15 is 0 Å². The molecule has 0 saturated carbocycles. The second kappa shape index (κ2) is 8.57. The number of rotatable bonds is 6. The lowest BCUT2D eigenvalue weighted by Crippen LogP contribution is -2.19. The Morgan fingerprint density at radius 2 is 1.96 bits per heavy atom. The largest absolute Gasteiger partial charge is 0.494 e. The minimum atomic E-state index is -0.227. The van der Waals surface area contributed by atoms with Gasteiger partial charge in [-0.1, -0.05) is 11.8 Å². The molecular formula is C17H16N5O2S+. The molecule has 8 heteroatoms. The second-order valence-corrected chi connectivity index (χ2v) is 5.84. The highest BCUT2D eigenvalue weighted by atomic mass is 32.2. The average molecular weight is 354 g/mol. The third kappa shape index (κ3) is 4.87. The van der Waals surface area contributed by atoms with Crippen molar-refractivity contribution in [2.75, 3.05) is 23.4 Å². The van der Waals surface area contributed by atoms with Gasteiger partial charge in [0.05, 0.1) is 12.4 Å². The molecule has 0 saturated heterocycles. The summed E-state index contributed by atoms with van der Waals surface area (Å²) in [6.07, 6.45) is 0. The van der Waals surface area contributed by atoms with Gasteiger partial charge in [-0.05, 0) is 37.3 Å². The lowest BCUT2D eigenvalue weighted by atomic mass is 10.2. The van der Waals surface area contributed by atoms with Gasteiger partial charge in [0.1, 0.15) is 29.0 Å². The number of pyridine rings is 1. The Hall–Kier alpha value is -3.23. The van der Waals surface area contributed by atoms with E-state index in [1.165, 1.54) is 6.07 Å². The number of nitrogens with one attached hydrogen (secondary N) is 2. The number of nitrogens with zero attached hydrogens (tertiary/aromatic N) is 2. The molecule has 0 spiro atoms. The SMILES string of the molecule is CCOc1ccc(NC(=O)CSc2[nH+]c(N)c(C#N)cc2C#N)cc1. The van der Waals surface area contributed by atoms with Gasteiger partial charge in [-0.3, -0.25) is 10.5 Å². The van der Waals surface area contributed by atoms with Crippen LogP contribution in [0.4, 0.5) is 11.5 Å². The first-order valence-electron chi connectivity index (χ1n) is 7.38. The number of hydrogen-bond acceptors (Lipinski definition) is 6. The molecular weight excluding hydrogens is 338 g/mol. The minimum Gasteiger partial charge on any atom is -0.494 e. The van der Waals surface area contributed by atoms with Crippen LogP contribution < -0.4 is 20.8 Å². The molecule has 0 aliphatic rings. The maximum absolute atomic E-state index is 12.1. The molecule has 1 amide bonds. The molecule has 1 aromatic heterocycles. The van der Waals surface area contributed by atoms with E-state index < -0.39 is 0 Å². The molecule has 0 bridgehead atoms. The number of thioether (sulfide) groups is 1. The van der Waals surface area contributed by atoms with Gasteiger partial charge in [-0.2, -0.15) is 10.5 Å². The Balaban J connectivity index is 1.99. The molecule has 2 rings (SSSR count). The first kappa shape index (κ1) is 18.1. The number of benzene rings is 1. The summed E-state index contributed by atoms with van der Waals surface area (Å²) < 4.78 is 5.34. The fourth-order valence-electron chi connectivity index (χ4n) is 1.97. The third-order valence-electron chi connectivity index (χ3n) is 3.11. The number of anilines is 2. The van der Waals surface area contributed by atoms with Crippen LogP contribution in [0.25, 0.3) is 0 Å². The van der Waals surface area contributed by atoms with E-state index in [9.17, 15) is 4.79 Å². The maximum atomic E-state index is 12.1. The number of nitrogens with two attached hydrogens (primary N) is 1. The molecule has 7 nitrogen and oxygen atoms in total. The molecule has 0 fully saturated rings. The van der Waals surface area contributed by atoms with Crippen molar-refractivity contribution < 1.29 is 14.5 Å². The Morgan fingerprint density at radius 3 is 2.56 bits per heavy atom. The van der Waals surface area contributed by atoms with Crippen LogP contribution in [-0.2, 0) is 4.79 Å². The zero-order valence-corrected chi connectivity index (χ0v) is 14.3. The van der Waals surface area contributed by atoms with Crippen LogP contribution in [0.1, 0.15) is 18.1 Å². The highest BCUT2D eigenvalue weighted by Crippen LogP contribution is 2.21. The van der Waals surface area contributed by atoms with Crippen LogP contribution in [0.5, 0.6) is 5.75 Å². The van der Waals surface area contributed by atoms with Crippen LogP contribution in [0.2, 0.25) is 0 Å². The van der Waals surface area contributed by atoms with E-state index in [4.69, 9.17) is 21.0 Å². The van der Waals surface area contributed by atoms with Gasteiger partial charge in [0.15, 0.2) is 5.03 Å². The van der Waals surface area contributed by atoms with E-state index in [1.54, 1.807) is 24.3 Å². The standard InChI is InChI=1S/C17H15N5O2S/c1-2-24-14-5-3-13(4-6-14)21-15(23)10-25-17-12(9-19)7-11(8-18)16(20)22-17/h3-7H,2,10H2,1H3,(H2,20,22)(H,21,23)/p+1. The summed E-state index contributed by atoms with van der Waals surface area (Å²) >= 11 is 1.14. The lowest BCUT2D eigenvalue weighted by molar-refractivity contribution is -0.410. The Bertz CT molecular complexity index is 853. The fourth-order valence-corrected chi connectivity index (χ4v) is 2.76. The molecule has 4 N–H and O–H groups in total. The van der Waals surface area contributed by atoms with Crippen molar-refractivity contribution in [1.82, 2.24) is 0 Å². The molecule has 25 heavy (non-hydrogen) atoms. The number of nitrogen functional groups attached to an aromatic ring is 1. The zero-order valence-electron chi connectivity index (χ0n) is 13.5. The molecule has 0 unspecified atom stereocenters. The summed E-state index contributed by atoms with van der Waals surface area (Å²) in [6.45, 7) is 2.48. The van der Waals surface area contributed by atoms with Crippen LogP contribution in [0.15, 0.2) is 35.4 Å². The van der Waals surface area contributed by atoms with E-state index in [0.717, 1.165) is 17.5 Å². The van der Waals surface area contributed by atoms with Gasteiger partial charge in [-0.25, -0.2) is 4.98 Å². The fraction of sp³-hybridized carbons (Fsp3) is 0.176. The van der Waals surface area contributed by atoms with Crippen molar-refractivity contribution in [3.8, 4) is 17.9 Å². The van der Waals surface area contributed by atoms with E-state index in [2.05, 4.69) is 10.3 Å². The molecule has 0 radical (unpaired) electrons. The smallest absolute Gasteiger partial charge is 0.289 e. The number of amides is 1. The molecule has 0 aliphatic carbocycles. The second-order valence-electron chi connectivity index (χ2n) is 4.86. The van der Waals surface area contributed by atoms with E-state index in [-0.39, 0.29) is 28.6 Å². The summed E-state index contributed by atoms with van der Waals surface area (Å²) in [5.74, 6) is 0.755. The molecule has 2 aromatic rings. The van der Waals surface area contributed by atoms with E-state index in [0.29, 0.717) is 17.3 Å². The maximum Gasteiger partial charge on any atom is 0.289 e. The highest BCUT2D eigenvalue weighted by Gasteiger charge is 2.16. The molecule has 1 heterocycles. The quantitative estimate of drug-likeness (QED) is 0.764. The molecule has 126 valence electrons. The summed E-state index contributed by atoms with van der Waals surface area (Å²) in [4.78, 5) is 14.8. The highest BCUT2D eigenvalue weighted by molar-refractivity contribution is 7.99. The Morgan fingerprint density at radius 1 is 1.28 bits per heavy atom. The van der Waals surface area contributed by atoms with Gasteiger partial charge in [-0.15, -0.1) is 0 Å². The summed E-state index contributed by atoms with van der Waals surface area (Å²) in [7, 11) is 0.